The minimum atomic E-state index is 0.842. The number of rotatable bonds is 6. The molecule has 0 aliphatic rings. The van der Waals surface area contributed by atoms with E-state index >= 15 is 0 Å². The third kappa shape index (κ3) is 5.31. The van der Waals surface area contributed by atoms with Crippen LogP contribution in [0.4, 0.5) is 0 Å². The molecule has 11 aromatic rings. The molecule has 0 unspecified atom stereocenters. The Morgan fingerprint density at radius 1 is 0.304 bits per heavy atom. The Morgan fingerprint density at radius 2 is 0.732 bits per heavy atom. The summed E-state index contributed by atoms with van der Waals surface area (Å²) in [5.41, 5.74) is 14.6. The van der Waals surface area contributed by atoms with E-state index in [0.717, 1.165) is 33.9 Å². The lowest BCUT2D eigenvalue weighted by Crippen LogP contribution is -1.99. The van der Waals surface area contributed by atoms with Gasteiger partial charge in [-0.25, -0.2) is 4.98 Å². The van der Waals surface area contributed by atoms with E-state index in [9.17, 15) is 0 Å². The molecule has 4 aromatic heterocycles. The van der Waals surface area contributed by atoms with Crippen LogP contribution in [0.25, 0.3) is 99.9 Å². The second-order valence-corrected chi connectivity index (χ2v) is 14.3. The lowest BCUT2D eigenvalue weighted by molar-refractivity contribution is 1.08. The van der Waals surface area contributed by atoms with Crippen LogP contribution in [-0.2, 0) is 0 Å². The number of para-hydroxylation sites is 1. The van der Waals surface area contributed by atoms with Gasteiger partial charge in [0.15, 0.2) is 0 Å². The van der Waals surface area contributed by atoms with Crippen molar-refractivity contribution in [1.29, 1.82) is 0 Å². The predicted octanol–water partition coefficient (Wildman–Crippen LogP) is 13.3. The van der Waals surface area contributed by atoms with Crippen molar-refractivity contribution in [2.24, 2.45) is 0 Å². The van der Waals surface area contributed by atoms with Crippen LogP contribution in [0.2, 0.25) is 0 Å². The molecule has 0 aliphatic heterocycles. The summed E-state index contributed by atoms with van der Waals surface area (Å²) >= 11 is 0. The number of hydrogen-bond acceptors (Lipinski definition) is 2. The summed E-state index contributed by atoms with van der Waals surface area (Å²) in [5.74, 6) is 0.859. The van der Waals surface area contributed by atoms with E-state index < -0.39 is 0 Å². The molecule has 0 bridgehead atoms. The Morgan fingerprint density at radius 3 is 1.21 bits per heavy atom. The highest BCUT2D eigenvalue weighted by molar-refractivity contribution is 6.14. The molecular weight excluding hydrogens is 681 g/mol. The third-order valence-electron chi connectivity index (χ3n) is 11.0. The van der Waals surface area contributed by atoms with Crippen molar-refractivity contribution in [1.82, 2.24) is 19.1 Å². The van der Waals surface area contributed by atoms with Crippen LogP contribution in [0.3, 0.4) is 0 Å². The first kappa shape index (κ1) is 31.9. The summed E-state index contributed by atoms with van der Waals surface area (Å²) < 4.78 is 4.68. The van der Waals surface area contributed by atoms with Gasteiger partial charge in [-0.3, -0.25) is 9.55 Å². The van der Waals surface area contributed by atoms with E-state index in [2.05, 4.69) is 190 Å². The monoisotopic (exact) mass is 714 g/mol. The molecular formula is C52H34N4. The average molecular weight is 715 g/mol. The molecule has 11 rings (SSSR count). The van der Waals surface area contributed by atoms with Crippen molar-refractivity contribution in [3.8, 4) is 56.3 Å². The number of pyridine rings is 2. The van der Waals surface area contributed by atoms with Crippen LogP contribution in [-0.4, -0.2) is 19.1 Å². The highest BCUT2D eigenvalue weighted by Gasteiger charge is 2.18. The van der Waals surface area contributed by atoms with E-state index in [0.29, 0.717) is 0 Å². The van der Waals surface area contributed by atoms with Gasteiger partial charge in [0, 0.05) is 33.4 Å². The maximum atomic E-state index is 5.16. The molecule has 262 valence electrons. The zero-order chi connectivity index (χ0) is 37.0. The van der Waals surface area contributed by atoms with Gasteiger partial charge in [0.2, 0.25) is 0 Å². The molecule has 0 N–H and O–H groups in total. The van der Waals surface area contributed by atoms with Crippen molar-refractivity contribution in [2.45, 2.75) is 0 Å². The fraction of sp³-hybridized carbons (Fsp3) is 0. The molecule has 4 heteroatoms. The first-order valence-electron chi connectivity index (χ1n) is 19.0. The number of nitrogens with zero attached hydrogens (tertiary/aromatic N) is 4. The van der Waals surface area contributed by atoms with Crippen molar-refractivity contribution in [2.75, 3.05) is 0 Å². The molecule has 0 spiro atoms. The summed E-state index contributed by atoms with van der Waals surface area (Å²) in [5, 5.41) is 4.82. The van der Waals surface area contributed by atoms with Crippen LogP contribution in [0.15, 0.2) is 206 Å². The van der Waals surface area contributed by atoms with Gasteiger partial charge in [-0.2, -0.15) is 0 Å². The molecule has 7 aromatic carbocycles. The van der Waals surface area contributed by atoms with E-state index in [-0.39, 0.29) is 0 Å². The van der Waals surface area contributed by atoms with Gasteiger partial charge < -0.3 is 4.57 Å². The second-order valence-electron chi connectivity index (χ2n) is 14.3. The quantitative estimate of drug-likeness (QED) is 0.172. The van der Waals surface area contributed by atoms with Crippen LogP contribution in [0, 0.1) is 0 Å². The average Bonchev–Trinajstić information content (AvgIpc) is 3.79. The molecule has 0 saturated heterocycles. The van der Waals surface area contributed by atoms with Gasteiger partial charge in [0.05, 0.1) is 33.5 Å². The van der Waals surface area contributed by atoms with Gasteiger partial charge in [-0.1, -0.05) is 115 Å². The Kier molecular flexibility index (Phi) is 7.46. The smallest absolute Gasteiger partial charge is 0.138 e. The number of hydrogen-bond donors (Lipinski definition) is 0. The van der Waals surface area contributed by atoms with Crippen molar-refractivity contribution < 1.29 is 0 Å². The van der Waals surface area contributed by atoms with E-state index in [1.165, 1.54) is 66.0 Å². The molecule has 0 saturated carbocycles. The van der Waals surface area contributed by atoms with Gasteiger partial charge in [-0.05, 0) is 118 Å². The predicted molar refractivity (Wildman–Crippen MR) is 232 cm³/mol. The van der Waals surface area contributed by atoms with Crippen LogP contribution >= 0.6 is 0 Å². The van der Waals surface area contributed by atoms with Crippen molar-refractivity contribution in [3.05, 3.63) is 206 Å². The SMILES string of the molecule is c1ccc(-c2ccc3c(c2)c2cc(-c4ccc5c(c4)c4cc(-c6ccccc6)ccc4n5-c4cccc(-c5ccccn5)n4)ccc2n3-c2ccccc2)cc1. The Balaban J connectivity index is 1.13. The lowest BCUT2D eigenvalue weighted by Gasteiger charge is -2.10. The summed E-state index contributed by atoms with van der Waals surface area (Å²) in [7, 11) is 0. The van der Waals surface area contributed by atoms with Gasteiger partial charge in [-0.15, -0.1) is 0 Å². The first-order chi connectivity index (χ1) is 27.8. The molecule has 0 aliphatic carbocycles. The van der Waals surface area contributed by atoms with Gasteiger partial charge >= 0.3 is 0 Å². The third-order valence-corrected chi connectivity index (χ3v) is 11.0. The molecule has 0 amide bonds. The summed E-state index contributed by atoms with van der Waals surface area (Å²) in [6.07, 6.45) is 1.82. The minimum Gasteiger partial charge on any atom is -0.309 e. The number of aromatic nitrogens is 4. The summed E-state index contributed by atoms with van der Waals surface area (Å²) in [6.45, 7) is 0. The molecule has 4 heterocycles. The van der Waals surface area contributed by atoms with E-state index in [1.54, 1.807) is 0 Å². The Bertz CT molecular complexity index is 3220. The largest absolute Gasteiger partial charge is 0.309 e. The van der Waals surface area contributed by atoms with Crippen molar-refractivity contribution >= 4 is 43.6 Å². The van der Waals surface area contributed by atoms with Crippen LogP contribution < -0.4 is 0 Å². The fourth-order valence-corrected chi connectivity index (χ4v) is 8.33. The number of fused-ring (bicyclic) bond motifs is 6. The highest BCUT2D eigenvalue weighted by atomic mass is 15.1. The van der Waals surface area contributed by atoms with E-state index in [1.807, 2.05) is 30.5 Å². The van der Waals surface area contributed by atoms with Gasteiger partial charge in [0.1, 0.15) is 5.82 Å². The second kappa shape index (κ2) is 13.1. The maximum absolute atomic E-state index is 5.16. The molecule has 56 heavy (non-hydrogen) atoms. The molecule has 0 radical (unpaired) electrons. The summed E-state index contributed by atoms with van der Waals surface area (Å²) in [6, 6.07) is 71.5. The zero-order valence-electron chi connectivity index (χ0n) is 30.4. The maximum Gasteiger partial charge on any atom is 0.138 e. The van der Waals surface area contributed by atoms with Gasteiger partial charge in [0.25, 0.3) is 0 Å². The Hall–Kier alpha value is -7.56. The lowest BCUT2D eigenvalue weighted by atomic mass is 9.98. The minimum absolute atomic E-state index is 0.842. The topological polar surface area (TPSA) is 35.6 Å². The fourth-order valence-electron chi connectivity index (χ4n) is 8.33. The van der Waals surface area contributed by atoms with Crippen LogP contribution in [0.5, 0.6) is 0 Å². The Labute approximate surface area is 324 Å². The van der Waals surface area contributed by atoms with Crippen LogP contribution in [0.1, 0.15) is 0 Å². The zero-order valence-corrected chi connectivity index (χ0v) is 30.4. The molecule has 0 fully saturated rings. The highest BCUT2D eigenvalue weighted by Crippen LogP contribution is 2.40. The first-order valence-corrected chi connectivity index (χ1v) is 19.0. The standard InChI is InChI=1S/C52H34N4/c1-4-13-35(14-5-1)37-22-26-48-42(31-37)43-33-39(24-27-49(43)55(48)41-17-8-3-9-18-41)40-25-29-51-45(34-40)44-32-38(36-15-6-2-7-16-36)23-28-50(44)56(51)52-21-12-20-47(54-52)46-19-10-11-30-53-46/h1-34H. The number of benzene rings is 7. The summed E-state index contributed by atoms with van der Waals surface area (Å²) in [4.78, 5) is 9.76. The normalized spacial score (nSPS) is 11.6. The van der Waals surface area contributed by atoms with E-state index in [4.69, 9.17) is 4.98 Å². The molecule has 4 nitrogen and oxygen atoms in total. The molecule has 0 atom stereocenters. The van der Waals surface area contributed by atoms with Crippen molar-refractivity contribution in [3.63, 3.8) is 0 Å².